The predicted octanol–water partition coefficient (Wildman–Crippen LogP) is 2.01. The number of nitrogens with zero attached hydrogens (tertiary/aromatic N) is 4. The van der Waals surface area contributed by atoms with Crippen LogP contribution in [-0.2, 0) is 4.74 Å². The van der Waals surface area contributed by atoms with Gasteiger partial charge in [-0.05, 0) is 22.6 Å². The van der Waals surface area contributed by atoms with Crippen molar-refractivity contribution >= 4 is 0 Å². The minimum absolute atomic E-state index is 0.00774. The van der Waals surface area contributed by atoms with Gasteiger partial charge in [0.25, 0.3) is 0 Å². The molecule has 2 rings (SSSR count). The molecule has 0 radical (unpaired) electrons. The molecule has 0 N–H and O–H groups in total. The fourth-order valence-corrected chi connectivity index (χ4v) is 1.53. The number of hydrogen-bond acceptors (Lipinski definition) is 5. The van der Waals surface area contributed by atoms with E-state index in [2.05, 4.69) is 20.3 Å². The summed E-state index contributed by atoms with van der Waals surface area (Å²) in [4.78, 5) is 0. The Morgan fingerprint density at radius 3 is 2.76 bits per heavy atom. The molecule has 0 atom stereocenters. The third-order valence-corrected chi connectivity index (χ3v) is 2.40. The van der Waals surface area contributed by atoms with Crippen LogP contribution in [0, 0.1) is 0 Å². The molecule has 0 fully saturated rings. The quantitative estimate of drug-likeness (QED) is 0.732. The summed E-state index contributed by atoms with van der Waals surface area (Å²) in [6.07, 6.45) is -2.48. The molecule has 1 aromatic heterocycles. The third-order valence-electron chi connectivity index (χ3n) is 2.40. The number of benzene rings is 1. The van der Waals surface area contributed by atoms with Crippen molar-refractivity contribution in [1.29, 1.82) is 0 Å². The molecule has 0 aliphatic carbocycles. The Hall–Kier alpha value is -2.16. The lowest BCUT2D eigenvalue weighted by Crippen LogP contribution is -2.18. The molecule has 6 nitrogen and oxygen atoms in total. The first-order chi connectivity index (χ1) is 10.0. The highest BCUT2D eigenvalue weighted by atomic mass is 19.4. The van der Waals surface area contributed by atoms with Gasteiger partial charge in [0.15, 0.2) is 0 Å². The van der Waals surface area contributed by atoms with Crippen LogP contribution in [0.25, 0.3) is 5.69 Å². The summed E-state index contributed by atoms with van der Waals surface area (Å²) in [5.74, 6) is 0.582. The van der Waals surface area contributed by atoms with E-state index >= 15 is 0 Å². The molecular weight excluding hydrogens is 289 g/mol. The van der Waals surface area contributed by atoms with Gasteiger partial charge in [0.05, 0.1) is 18.9 Å². The first kappa shape index (κ1) is 15.2. The average molecular weight is 302 g/mol. The summed E-state index contributed by atoms with van der Waals surface area (Å²) in [5.41, 5.74) is 0.728. The second-order valence-corrected chi connectivity index (χ2v) is 4.12. The Morgan fingerprint density at radius 1 is 1.19 bits per heavy atom. The molecule has 0 aliphatic heterocycles. The van der Waals surface area contributed by atoms with Crippen molar-refractivity contribution in [2.24, 2.45) is 0 Å². The van der Waals surface area contributed by atoms with E-state index in [1.807, 2.05) is 0 Å². The molecule has 0 aliphatic rings. The second-order valence-electron chi connectivity index (χ2n) is 4.12. The van der Waals surface area contributed by atoms with E-state index in [0.717, 1.165) is 5.69 Å². The summed E-state index contributed by atoms with van der Waals surface area (Å²) < 4.78 is 46.9. The Bertz CT molecular complexity index is 546. The first-order valence-electron chi connectivity index (χ1n) is 6.15. The van der Waals surface area contributed by atoms with Gasteiger partial charge in [-0.3, -0.25) is 0 Å². The fraction of sp³-hybridized carbons (Fsp3) is 0.417. The van der Waals surface area contributed by atoms with Crippen LogP contribution >= 0.6 is 0 Å². The number of ether oxygens (including phenoxy) is 2. The molecule has 0 spiro atoms. The van der Waals surface area contributed by atoms with Crippen LogP contribution in [0.5, 0.6) is 5.75 Å². The average Bonchev–Trinajstić information content (AvgIpc) is 2.96. The van der Waals surface area contributed by atoms with Gasteiger partial charge >= 0.3 is 6.18 Å². The molecular formula is C12H13F3N4O2. The van der Waals surface area contributed by atoms with E-state index in [1.54, 1.807) is 24.3 Å². The maximum atomic E-state index is 11.8. The van der Waals surface area contributed by atoms with Crippen LogP contribution < -0.4 is 4.74 Å². The summed E-state index contributed by atoms with van der Waals surface area (Å²) in [5, 5.41) is 10.8. The Labute approximate surface area is 118 Å². The zero-order chi connectivity index (χ0) is 15.1. The maximum absolute atomic E-state index is 11.8. The lowest BCUT2D eigenvalue weighted by Gasteiger charge is -2.09. The zero-order valence-electron chi connectivity index (χ0n) is 11.0. The Balaban J connectivity index is 1.73. The third kappa shape index (κ3) is 5.38. The predicted molar refractivity (Wildman–Crippen MR) is 66.1 cm³/mol. The largest absolute Gasteiger partial charge is 0.493 e. The number of hydrogen-bond donors (Lipinski definition) is 0. The van der Waals surface area contributed by atoms with E-state index in [-0.39, 0.29) is 13.2 Å². The van der Waals surface area contributed by atoms with Gasteiger partial charge in [0.1, 0.15) is 18.7 Å². The monoisotopic (exact) mass is 302 g/mol. The van der Waals surface area contributed by atoms with Gasteiger partial charge in [-0.1, -0.05) is 6.07 Å². The van der Waals surface area contributed by atoms with Crippen molar-refractivity contribution in [1.82, 2.24) is 20.2 Å². The lowest BCUT2D eigenvalue weighted by atomic mass is 10.3. The number of tetrazole rings is 1. The van der Waals surface area contributed by atoms with Gasteiger partial charge in [-0.25, -0.2) is 4.68 Å². The van der Waals surface area contributed by atoms with Crippen molar-refractivity contribution < 1.29 is 22.6 Å². The molecule has 9 heteroatoms. The van der Waals surface area contributed by atoms with Gasteiger partial charge in [-0.2, -0.15) is 13.2 Å². The van der Waals surface area contributed by atoms with Crippen molar-refractivity contribution in [3.8, 4) is 11.4 Å². The SMILES string of the molecule is FC(F)(F)COCCCOc1cccc(-n2cnnn2)c1. The second kappa shape index (κ2) is 7.02. The van der Waals surface area contributed by atoms with E-state index in [1.165, 1.54) is 11.0 Å². The minimum atomic E-state index is -4.29. The van der Waals surface area contributed by atoms with Crippen molar-refractivity contribution in [3.05, 3.63) is 30.6 Å². The van der Waals surface area contributed by atoms with Crippen LogP contribution in [0.4, 0.5) is 13.2 Å². The number of alkyl halides is 3. The molecule has 0 saturated carbocycles. The Kier molecular flexibility index (Phi) is 5.09. The first-order valence-corrected chi connectivity index (χ1v) is 6.15. The molecule has 21 heavy (non-hydrogen) atoms. The molecule has 0 bridgehead atoms. The lowest BCUT2D eigenvalue weighted by molar-refractivity contribution is -0.174. The summed E-state index contributed by atoms with van der Waals surface area (Å²) in [6.45, 7) is -0.981. The normalized spacial score (nSPS) is 11.6. The van der Waals surface area contributed by atoms with E-state index < -0.39 is 12.8 Å². The summed E-state index contributed by atoms with van der Waals surface area (Å²) >= 11 is 0. The molecule has 0 amide bonds. The van der Waals surface area contributed by atoms with Crippen LogP contribution in [-0.4, -0.2) is 46.2 Å². The standard InChI is InChI=1S/C12H13F3N4O2/c13-12(14,15)8-20-5-2-6-21-11-4-1-3-10(7-11)19-9-16-17-18-19/h1,3-4,7,9H,2,5-6,8H2. The van der Waals surface area contributed by atoms with Gasteiger partial charge in [0, 0.05) is 12.5 Å². The maximum Gasteiger partial charge on any atom is 0.411 e. The van der Waals surface area contributed by atoms with E-state index in [0.29, 0.717) is 12.2 Å². The van der Waals surface area contributed by atoms with E-state index in [4.69, 9.17) is 4.74 Å². The van der Waals surface area contributed by atoms with E-state index in [9.17, 15) is 13.2 Å². The van der Waals surface area contributed by atoms with Crippen molar-refractivity contribution in [2.45, 2.75) is 12.6 Å². The summed E-state index contributed by atoms with van der Waals surface area (Å²) in [6, 6.07) is 7.04. The Morgan fingerprint density at radius 2 is 2.05 bits per heavy atom. The fourth-order valence-electron chi connectivity index (χ4n) is 1.53. The smallest absolute Gasteiger partial charge is 0.411 e. The van der Waals surface area contributed by atoms with Gasteiger partial charge < -0.3 is 9.47 Å². The van der Waals surface area contributed by atoms with Crippen molar-refractivity contribution in [3.63, 3.8) is 0 Å². The van der Waals surface area contributed by atoms with Crippen LogP contribution in [0.2, 0.25) is 0 Å². The highest BCUT2D eigenvalue weighted by molar-refractivity contribution is 5.37. The molecule has 114 valence electrons. The number of rotatable bonds is 7. The van der Waals surface area contributed by atoms with Crippen LogP contribution in [0.1, 0.15) is 6.42 Å². The van der Waals surface area contributed by atoms with Crippen LogP contribution in [0.3, 0.4) is 0 Å². The molecule has 1 heterocycles. The number of aromatic nitrogens is 4. The highest BCUT2D eigenvalue weighted by Crippen LogP contribution is 2.16. The van der Waals surface area contributed by atoms with Gasteiger partial charge in [0.2, 0.25) is 0 Å². The van der Waals surface area contributed by atoms with Crippen LogP contribution in [0.15, 0.2) is 30.6 Å². The van der Waals surface area contributed by atoms with Crippen molar-refractivity contribution in [2.75, 3.05) is 19.8 Å². The molecule has 1 aromatic carbocycles. The zero-order valence-corrected chi connectivity index (χ0v) is 11.0. The number of halogens is 3. The minimum Gasteiger partial charge on any atom is -0.493 e. The summed E-state index contributed by atoms with van der Waals surface area (Å²) in [7, 11) is 0. The highest BCUT2D eigenvalue weighted by Gasteiger charge is 2.27. The molecule has 2 aromatic rings. The molecule has 0 saturated heterocycles. The molecule has 0 unspecified atom stereocenters. The topological polar surface area (TPSA) is 62.1 Å². The van der Waals surface area contributed by atoms with Gasteiger partial charge in [-0.15, -0.1) is 5.10 Å².